The van der Waals surface area contributed by atoms with Gasteiger partial charge in [-0.3, -0.25) is 4.79 Å². The van der Waals surface area contributed by atoms with Crippen LogP contribution in [-0.2, 0) is 4.79 Å². The molecule has 0 bridgehead atoms. The second-order valence-electron chi connectivity index (χ2n) is 8.07. The summed E-state index contributed by atoms with van der Waals surface area (Å²) in [7, 11) is 0. The number of urea groups is 1. The molecule has 2 rings (SSSR count). The van der Waals surface area contributed by atoms with Crippen molar-refractivity contribution in [2.45, 2.75) is 40.0 Å². The van der Waals surface area contributed by atoms with Crippen LogP contribution < -0.4 is 5.32 Å². The van der Waals surface area contributed by atoms with Crippen molar-refractivity contribution in [3.05, 3.63) is 0 Å². The maximum Gasteiger partial charge on any atom is 0.317 e. The molecular formula is C18H33N3O3. The zero-order valence-electron chi connectivity index (χ0n) is 15.3. The van der Waals surface area contributed by atoms with E-state index >= 15 is 0 Å². The first-order valence-corrected chi connectivity index (χ1v) is 9.33. The molecule has 4 unspecified atom stereocenters. The van der Waals surface area contributed by atoms with Crippen LogP contribution in [0.2, 0.25) is 0 Å². The van der Waals surface area contributed by atoms with E-state index in [0.29, 0.717) is 26.1 Å². The molecule has 138 valence electrons. The Balaban J connectivity index is 1.68. The Bertz CT molecular complexity index is 433. The van der Waals surface area contributed by atoms with E-state index < -0.39 is 11.9 Å². The van der Waals surface area contributed by atoms with Crippen molar-refractivity contribution in [3.8, 4) is 0 Å². The van der Waals surface area contributed by atoms with Gasteiger partial charge in [-0.1, -0.05) is 20.8 Å². The zero-order valence-corrected chi connectivity index (χ0v) is 15.3. The van der Waals surface area contributed by atoms with Gasteiger partial charge in [-0.15, -0.1) is 0 Å². The monoisotopic (exact) mass is 339 g/mol. The van der Waals surface area contributed by atoms with Crippen LogP contribution in [0.3, 0.4) is 0 Å². The molecule has 0 radical (unpaired) electrons. The number of hydrogen-bond donors (Lipinski definition) is 2. The van der Waals surface area contributed by atoms with Crippen molar-refractivity contribution < 1.29 is 14.7 Å². The first-order valence-electron chi connectivity index (χ1n) is 9.33. The molecule has 0 spiro atoms. The largest absolute Gasteiger partial charge is 0.481 e. The molecule has 2 heterocycles. The summed E-state index contributed by atoms with van der Waals surface area (Å²) in [5.41, 5.74) is 0. The van der Waals surface area contributed by atoms with Gasteiger partial charge in [0, 0.05) is 32.7 Å². The molecular weight excluding hydrogens is 306 g/mol. The molecule has 0 saturated carbocycles. The second kappa shape index (κ2) is 8.70. The van der Waals surface area contributed by atoms with Crippen molar-refractivity contribution in [3.63, 3.8) is 0 Å². The molecule has 0 aromatic carbocycles. The van der Waals surface area contributed by atoms with Crippen LogP contribution in [0.15, 0.2) is 0 Å². The number of amides is 2. The Labute approximate surface area is 145 Å². The maximum absolute atomic E-state index is 12.3. The molecule has 6 heteroatoms. The Kier molecular flexibility index (Phi) is 6.90. The molecule has 4 atom stereocenters. The van der Waals surface area contributed by atoms with Crippen LogP contribution in [0, 0.1) is 23.7 Å². The minimum Gasteiger partial charge on any atom is -0.481 e. The van der Waals surface area contributed by atoms with Gasteiger partial charge in [0.15, 0.2) is 0 Å². The molecule has 2 aliphatic rings. The molecule has 0 aliphatic carbocycles. The minimum absolute atomic E-state index is 0.117. The number of carboxylic acids is 1. The zero-order chi connectivity index (χ0) is 17.7. The van der Waals surface area contributed by atoms with Gasteiger partial charge in [-0.05, 0) is 43.6 Å². The average molecular weight is 339 g/mol. The summed E-state index contributed by atoms with van der Waals surface area (Å²) in [5.74, 6) is 0.516. The number of rotatable bonds is 5. The van der Waals surface area contributed by atoms with E-state index in [4.69, 9.17) is 0 Å². The van der Waals surface area contributed by atoms with E-state index in [0.717, 1.165) is 37.9 Å². The molecule has 2 fully saturated rings. The van der Waals surface area contributed by atoms with Gasteiger partial charge in [0.2, 0.25) is 0 Å². The van der Waals surface area contributed by atoms with E-state index in [1.807, 2.05) is 6.92 Å². The summed E-state index contributed by atoms with van der Waals surface area (Å²) in [5, 5.41) is 12.2. The highest BCUT2D eigenvalue weighted by Crippen LogP contribution is 2.22. The summed E-state index contributed by atoms with van der Waals surface area (Å²) in [4.78, 5) is 27.6. The van der Waals surface area contributed by atoms with Crippen molar-refractivity contribution in [2.24, 2.45) is 23.7 Å². The number of nitrogens with one attached hydrogen (secondary N) is 1. The first-order chi connectivity index (χ1) is 11.3. The van der Waals surface area contributed by atoms with Gasteiger partial charge in [0.05, 0.1) is 5.92 Å². The Morgan fingerprint density at radius 3 is 2.25 bits per heavy atom. The van der Waals surface area contributed by atoms with E-state index in [9.17, 15) is 14.7 Å². The number of carboxylic acid groups (broad SMARTS) is 1. The molecule has 0 aromatic heterocycles. The topological polar surface area (TPSA) is 72.9 Å². The predicted octanol–water partition coefficient (Wildman–Crippen LogP) is 2.11. The summed E-state index contributed by atoms with van der Waals surface area (Å²) in [6.45, 7) is 11.6. The number of hydrogen-bond acceptors (Lipinski definition) is 3. The van der Waals surface area contributed by atoms with Crippen LogP contribution in [0.25, 0.3) is 0 Å². The number of carbonyl (C=O) groups is 2. The Morgan fingerprint density at radius 1 is 1.00 bits per heavy atom. The third-order valence-corrected chi connectivity index (χ3v) is 5.17. The van der Waals surface area contributed by atoms with E-state index in [1.54, 1.807) is 4.90 Å². The van der Waals surface area contributed by atoms with E-state index in [-0.39, 0.29) is 11.9 Å². The SMILES string of the molecule is CC1CC(C)CN(CCCNC(=O)N2CC(C)CC(C(=O)O)C2)C1. The summed E-state index contributed by atoms with van der Waals surface area (Å²) in [6.07, 6.45) is 2.91. The van der Waals surface area contributed by atoms with Crippen LogP contribution in [0.5, 0.6) is 0 Å². The first kappa shape index (κ1) is 19.0. The fourth-order valence-electron chi connectivity index (χ4n) is 4.28. The van der Waals surface area contributed by atoms with Gasteiger partial charge in [0.1, 0.15) is 0 Å². The van der Waals surface area contributed by atoms with Crippen molar-refractivity contribution >= 4 is 12.0 Å². The molecule has 24 heavy (non-hydrogen) atoms. The molecule has 2 N–H and O–H groups in total. The highest BCUT2D eigenvalue weighted by Gasteiger charge is 2.31. The lowest BCUT2D eigenvalue weighted by atomic mass is 9.91. The Morgan fingerprint density at radius 2 is 1.62 bits per heavy atom. The highest BCUT2D eigenvalue weighted by molar-refractivity contribution is 5.76. The number of piperidine rings is 2. The molecule has 2 amide bonds. The maximum atomic E-state index is 12.3. The summed E-state index contributed by atoms with van der Waals surface area (Å²) >= 11 is 0. The molecule has 0 aromatic rings. The van der Waals surface area contributed by atoms with Crippen molar-refractivity contribution in [2.75, 3.05) is 39.3 Å². The van der Waals surface area contributed by atoms with Crippen molar-refractivity contribution in [1.29, 1.82) is 0 Å². The highest BCUT2D eigenvalue weighted by atomic mass is 16.4. The number of likely N-dealkylation sites (tertiary alicyclic amines) is 2. The minimum atomic E-state index is -0.798. The number of carbonyl (C=O) groups excluding carboxylic acids is 1. The lowest BCUT2D eigenvalue weighted by molar-refractivity contribution is -0.143. The number of aliphatic carboxylic acids is 1. The lowest BCUT2D eigenvalue weighted by Gasteiger charge is -2.35. The third-order valence-electron chi connectivity index (χ3n) is 5.17. The van der Waals surface area contributed by atoms with Crippen LogP contribution in [-0.4, -0.2) is 66.2 Å². The van der Waals surface area contributed by atoms with Gasteiger partial charge >= 0.3 is 12.0 Å². The second-order valence-corrected chi connectivity index (χ2v) is 8.07. The standard InChI is InChI=1S/C18H33N3O3/c1-13-7-14(2)10-20(9-13)6-4-5-19-18(24)21-11-15(3)8-16(12-21)17(22)23/h13-16H,4-12H2,1-3H3,(H,19,24)(H,22,23). The van der Waals surface area contributed by atoms with Crippen molar-refractivity contribution in [1.82, 2.24) is 15.1 Å². The van der Waals surface area contributed by atoms with E-state index in [2.05, 4.69) is 24.1 Å². The fraction of sp³-hybridized carbons (Fsp3) is 0.889. The summed E-state index contributed by atoms with van der Waals surface area (Å²) < 4.78 is 0. The Hall–Kier alpha value is -1.30. The smallest absolute Gasteiger partial charge is 0.317 e. The quantitative estimate of drug-likeness (QED) is 0.753. The van der Waals surface area contributed by atoms with E-state index in [1.165, 1.54) is 6.42 Å². The van der Waals surface area contributed by atoms with Gasteiger partial charge < -0.3 is 20.2 Å². The summed E-state index contributed by atoms with van der Waals surface area (Å²) in [6, 6.07) is -0.117. The molecule has 2 saturated heterocycles. The normalized spacial score (nSPS) is 31.7. The number of nitrogens with zero attached hydrogens (tertiary/aromatic N) is 2. The van der Waals surface area contributed by atoms with Crippen LogP contribution in [0.4, 0.5) is 4.79 Å². The van der Waals surface area contributed by atoms with Gasteiger partial charge in [-0.25, -0.2) is 4.79 Å². The fourth-order valence-corrected chi connectivity index (χ4v) is 4.28. The lowest BCUT2D eigenvalue weighted by Crippen LogP contribution is -2.49. The average Bonchev–Trinajstić information content (AvgIpc) is 2.49. The van der Waals surface area contributed by atoms with Gasteiger partial charge in [-0.2, -0.15) is 0 Å². The molecule has 2 aliphatic heterocycles. The third kappa shape index (κ3) is 5.65. The van der Waals surface area contributed by atoms with Crippen LogP contribution in [0.1, 0.15) is 40.0 Å². The van der Waals surface area contributed by atoms with Crippen LogP contribution >= 0.6 is 0 Å². The predicted molar refractivity (Wildman–Crippen MR) is 93.9 cm³/mol. The molecule has 6 nitrogen and oxygen atoms in total. The van der Waals surface area contributed by atoms with Gasteiger partial charge in [0.25, 0.3) is 0 Å².